The van der Waals surface area contributed by atoms with E-state index >= 15 is 0 Å². The molecule has 4 aromatic rings. The number of aryl methyl sites for hydroxylation is 2. The first-order valence-electron chi connectivity index (χ1n) is 13.2. The number of carbonyl (C=O) groups is 2. The molecule has 4 rings (SSSR count). The van der Waals surface area contributed by atoms with E-state index in [-0.39, 0.29) is 23.1 Å². The molecule has 39 heavy (non-hydrogen) atoms. The molecule has 0 aliphatic heterocycles. The second-order valence-corrected chi connectivity index (χ2v) is 10.4. The summed E-state index contributed by atoms with van der Waals surface area (Å²) in [6.45, 7) is 9.58. The van der Waals surface area contributed by atoms with Gasteiger partial charge in [0.05, 0.1) is 11.0 Å². The van der Waals surface area contributed by atoms with Crippen LogP contribution in [-0.4, -0.2) is 31.2 Å². The van der Waals surface area contributed by atoms with Crippen LogP contribution in [0.4, 0.5) is 11.4 Å². The SMILES string of the molecule is CC(C)CCn1c(O)c(N=NC(=O)CC(=O)N=Nc2c(O)n(CCC(C)C)c3ccccc23)c2ccccc21. The highest BCUT2D eigenvalue weighted by Crippen LogP contribution is 2.40. The van der Waals surface area contributed by atoms with Gasteiger partial charge in [0.15, 0.2) is 11.4 Å². The van der Waals surface area contributed by atoms with Gasteiger partial charge in [0.2, 0.25) is 11.8 Å². The number of rotatable bonds is 10. The molecule has 0 fully saturated rings. The zero-order chi connectivity index (χ0) is 28.1. The summed E-state index contributed by atoms with van der Waals surface area (Å²) in [5, 5.41) is 38.2. The van der Waals surface area contributed by atoms with Crippen LogP contribution >= 0.6 is 0 Å². The van der Waals surface area contributed by atoms with Crippen molar-refractivity contribution in [2.75, 3.05) is 0 Å². The standard InChI is InChI=1S/C29H34N6O4/c1-18(2)13-15-34-22-11-7-5-9-20(22)26(28(34)38)32-30-24(36)17-25(37)31-33-27-21-10-6-8-12-23(21)35(29(27)39)16-14-19(3)4/h5-12,18-19,38-39H,13-17H2,1-4H3. The molecular weight excluding hydrogens is 496 g/mol. The molecule has 0 aliphatic rings. The van der Waals surface area contributed by atoms with Crippen LogP contribution in [0.1, 0.15) is 47.0 Å². The maximum absolute atomic E-state index is 12.4. The zero-order valence-electron chi connectivity index (χ0n) is 22.7. The van der Waals surface area contributed by atoms with Crippen LogP contribution in [0.15, 0.2) is 69.0 Å². The molecule has 0 saturated heterocycles. The Morgan fingerprint density at radius 1 is 0.692 bits per heavy atom. The van der Waals surface area contributed by atoms with E-state index in [1.54, 1.807) is 21.3 Å². The molecule has 10 nitrogen and oxygen atoms in total. The lowest BCUT2D eigenvalue weighted by atomic mass is 10.1. The predicted molar refractivity (Wildman–Crippen MR) is 150 cm³/mol. The zero-order valence-corrected chi connectivity index (χ0v) is 22.7. The smallest absolute Gasteiger partial charge is 0.274 e. The highest BCUT2D eigenvalue weighted by Gasteiger charge is 2.19. The van der Waals surface area contributed by atoms with E-state index in [2.05, 4.69) is 48.2 Å². The Morgan fingerprint density at radius 2 is 1.08 bits per heavy atom. The van der Waals surface area contributed by atoms with Crippen LogP contribution in [0.25, 0.3) is 21.8 Å². The third-order valence-electron chi connectivity index (χ3n) is 6.52. The minimum Gasteiger partial charge on any atom is -0.493 e. The molecule has 0 spiro atoms. The Kier molecular flexibility index (Phi) is 8.53. The summed E-state index contributed by atoms with van der Waals surface area (Å²) >= 11 is 0. The fourth-order valence-corrected chi connectivity index (χ4v) is 4.38. The van der Waals surface area contributed by atoms with E-state index in [1.807, 2.05) is 36.4 Å². The fourth-order valence-electron chi connectivity index (χ4n) is 4.38. The highest BCUT2D eigenvalue weighted by molar-refractivity contribution is 5.99. The quantitative estimate of drug-likeness (QED) is 0.163. The molecule has 0 saturated carbocycles. The van der Waals surface area contributed by atoms with Crippen LogP contribution in [0.5, 0.6) is 11.8 Å². The Hall–Kier alpha value is -4.34. The van der Waals surface area contributed by atoms with Gasteiger partial charge in [-0.25, -0.2) is 0 Å². The summed E-state index contributed by atoms with van der Waals surface area (Å²) in [6, 6.07) is 14.7. The van der Waals surface area contributed by atoms with Gasteiger partial charge in [-0.1, -0.05) is 64.1 Å². The van der Waals surface area contributed by atoms with Gasteiger partial charge in [-0.3, -0.25) is 9.59 Å². The molecule has 0 bridgehead atoms. The molecule has 0 aliphatic carbocycles. The highest BCUT2D eigenvalue weighted by atomic mass is 16.3. The van der Waals surface area contributed by atoms with E-state index in [4.69, 9.17) is 0 Å². The molecule has 2 N–H and O–H groups in total. The van der Waals surface area contributed by atoms with Crippen molar-refractivity contribution < 1.29 is 19.8 Å². The van der Waals surface area contributed by atoms with Crippen molar-refractivity contribution in [1.29, 1.82) is 0 Å². The molecular formula is C29H34N6O4. The van der Waals surface area contributed by atoms with Gasteiger partial charge in [-0.2, -0.15) is 0 Å². The first kappa shape index (κ1) is 27.7. The van der Waals surface area contributed by atoms with Crippen LogP contribution in [0.2, 0.25) is 0 Å². The summed E-state index contributed by atoms with van der Waals surface area (Å²) in [5.74, 6) is -0.916. The Morgan fingerprint density at radius 3 is 1.46 bits per heavy atom. The molecule has 2 aromatic heterocycles. The summed E-state index contributed by atoms with van der Waals surface area (Å²) in [7, 11) is 0. The normalized spacial score (nSPS) is 12.3. The number of aromatic hydroxyl groups is 2. The fraction of sp³-hybridized carbons (Fsp3) is 0.379. The van der Waals surface area contributed by atoms with E-state index in [0.717, 1.165) is 23.9 Å². The van der Waals surface area contributed by atoms with Gasteiger partial charge in [0.25, 0.3) is 11.8 Å². The number of aromatic nitrogens is 2. The third kappa shape index (κ3) is 6.22. The van der Waals surface area contributed by atoms with Gasteiger partial charge in [-0.05, 0) is 36.8 Å². The van der Waals surface area contributed by atoms with Gasteiger partial charge in [0, 0.05) is 23.9 Å². The van der Waals surface area contributed by atoms with E-state index in [0.29, 0.717) is 35.7 Å². The van der Waals surface area contributed by atoms with E-state index in [1.165, 1.54) is 0 Å². The van der Waals surface area contributed by atoms with Gasteiger partial charge < -0.3 is 19.3 Å². The second kappa shape index (κ2) is 12.0. The molecule has 10 heteroatoms. The number of azo groups is 2. The first-order chi connectivity index (χ1) is 18.7. The number of fused-ring (bicyclic) bond motifs is 2. The lowest BCUT2D eigenvalue weighted by molar-refractivity contribution is -0.126. The summed E-state index contributed by atoms with van der Waals surface area (Å²) in [5.41, 5.74) is 1.93. The number of nitrogens with zero attached hydrogens (tertiary/aromatic N) is 6. The Labute approximate surface area is 226 Å². The van der Waals surface area contributed by atoms with Crippen molar-refractivity contribution in [2.45, 2.75) is 60.0 Å². The number of benzene rings is 2. The van der Waals surface area contributed by atoms with Crippen molar-refractivity contribution in [3.05, 3.63) is 48.5 Å². The van der Waals surface area contributed by atoms with Gasteiger partial charge in [-0.15, -0.1) is 20.5 Å². The Bertz CT molecular complexity index is 1450. The second-order valence-electron chi connectivity index (χ2n) is 10.4. The van der Waals surface area contributed by atoms with Crippen molar-refractivity contribution in [3.8, 4) is 11.8 Å². The predicted octanol–water partition coefficient (Wildman–Crippen LogP) is 7.41. The first-order valence-corrected chi connectivity index (χ1v) is 13.2. The summed E-state index contributed by atoms with van der Waals surface area (Å²) in [4.78, 5) is 24.8. The molecule has 0 radical (unpaired) electrons. The number of hydrogen-bond acceptors (Lipinski definition) is 6. The maximum Gasteiger partial charge on any atom is 0.274 e. The summed E-state index contributed by atoms with van der Waals surface area (Å²) in [6.07, 6.45) is 1.06. The van der Waals surface area contributed by atoms with Crippen molar-refractivity contribution in [1.82, 2.24) is 9.13 Å². The minimum absolute atomic E-state index is 0.0799. The lowest BCUT2D eigenvalue weighted by Gasteiger charge is -2.08. The van der Waals surface area contributed by atoms with Crippen LogP contribution < -0.4 is 0 Å². The average molecular weight is 531 g/mol. The number of hydrogen-bond donors (Lipinski definition) is 2. The molecule has 0 atom stereocenters. The van der Waals surface area contributed by atoms with E-state index < -0.39 is 18.2 Å². The Balaban J connectivity index is 1.50. The van der Waals surface area contributed by atoms with Gasteiger partial charge >= 0.3 is 0 Å². The average Bonchev–Trinajstić information content (AvgIpc) is 3.32. The minimum atomic E-state index is -0.819. The van der Waals surface area contributed by atoms with Crippen molar-refractivity contribution in [2.24, 2.45) is 32.3 Å². The van der Waals surface area contributed by atoms with Crippen molar-refractivity contribution >= 4 is 45.0 Å². The largest absolute Gasteiger partial charge is 0.493 e. The number of carbonyl (C=O) groups excluding carboxylic acids is 2. The van der Waals surface area contributed by atoms with Crippen LogP contribution in [0, 0.1) is 11.8 Å². The lowest BCUT2D eigenvalue weighted by Crippen LogP contribution is -2.01. The van der Waals surface area contributed by atoms with Gasteiger partial charge in [0.1, 0.15) is 6.42 Å². The summed E-state index contributed by atoms with van der Waals surface area (Å²) < 4.78 is 3.50. The molecule has 2 aromatic carbocycles. The monoisotopic (exact) mass is 530 g/mol. The maximum atomic E-state index is 12.4. The molecule has 2 amide bonds. The van der Waals surface area contributed by atoms with Crippen LogP contribution in [0.3, 0.4) is 0 Å². The topological polar surface area (TPSA) is 134 Å². The molecule has 204 valence electrons. The third-order valence-corrected chi connectivity index (χ3v) is 6.52. The van der Waals surface area contributed by atoms with Crippen LogP contribution in [-0.2, 0) is 22.7 Å². The number of amides is 2. The molecule has 2 heterocycles. The van der Waals surface area contributed by atoms with E-state index in [9.17, 15) is 19.8 Å². The van der Waals surface area contributed by atoms with Crippen molar-refractivity contribution in [3.63, 3.8) is 0 Å². The number of para-hydroxylation sites is 2. The molecule has 0 unspecified atom stereocenters.